The van der Waals surface area contributed by atoms with Crippen LogP contribution in [0, 0.1) is 0 Å². The summed E-state index contributed by atoms with van der Waals surface area (Å²) in [5.74, 6) is -3.78. The molecule has 0 amide bonds. The number of hydrogen-bond donors (Lipinski definition) is 3. The van der Waals surface area contributed by atoms with Gasteiger partial charge >= 0.3 is 22.1 Å². The second-order valence-electron chi connectivity index (χ2n) is 7.29. The third kappa shape index (κ3) is 5.48. The van der Waals surface area contributed by atoms with Crippen molar-refractivity contribution in [2.45, 2.75) is 17.7 Å². The van der Waals surface area contributed by atoms with Gasteiger partial charge in [-0.15, -0.1) is 0 Å². The topological polar surface area (TPSA) is 145 Å². The molecule has 0 spiro atoms. The molecular weight excluding hydrogens is 484 g/mol. The van der Waals surface area contributed by atoms with Crippen molar-refractivity contribution in [1.29, 1.82) is 0 Å². The second kappa shape index (κ2) is 10.8. The van der Waals surface area contributed by atoms with Crippen LogP contribution in [0.3, 0.4) is 0 Å². The van der Waals surface area contributed by atoms with Gasteiger partial charge in [-0.25, -0.2) is 9.59 Å². The Labute approximate surface area is 201 Å². The van der Waals surface area contributed by atoms with Crippen molar-refractivity contribution >= 4 is 33.7 Å². The Morgan fingerprint density at radius 1 is 1.09 bits per heavy atom. The summed E-state index contributed by atoms with van der Waals surface area (Å²) in [7, 11) is -4.46. The molecular formula is C23H23ClN2O7S. The van der Waals surface area contributed by atoms with Gasteiger partial charge in [0.1, 0.15) is 4.90 Å². The fourth-order valence-corrected chi connectivity index (χ4v) is 4.71. The van der Waals surface area contributed by atoms with Crippen LogP contribution in [0.2, 0.25) is 5.02 Å². The highest BCUT2D eigenvalue weighted by atomic mass is 35.5. The second-order valence-corrected chi connectivity index (χ2v) is 9.25. The maximum Gasteiger partial charge on any atom is 0.352 e. The van der Waals surface area contributed by atoms with E-state index in [0.29, 0.717) is 5.56 Å². The van der Waals surface area contributed by atoms with Crippen LogP contribution in [0.25, 0.3) is 0 Å². The molecule has 11 heteroatoms. The summed E-state index contributed by atoms with van der Waals surface area (Å²) in [6.07, 6.45) is 0. The Morgan fingerprint density at radius 2 is 1.74 bits per heavy atom. The maximum absolute atomic E-state index is 13.2. The maximum atomic E-state index is 13.2. The number of allylic oxidation sites excluding steroid dienone is 1. The molecule has 1 atom stereocenters. The molecule has 0 saturated carbocycles. The van der Waals surface area contributed by atoms with Gasteiger partial charge in [-0.1, -0.05) is 48.0 Å². The van der Waals surface area contributed by atoms with Crippen molar-refractivity contribution < 1.29 is 32.0 Å². The summed E-state index contributed by atoms with van der Waals surface area (Å²) in [4.78, 5) is 25.4. The minimum atomic E-state index is -4.46. The molecule has 0 saturated heterocycles. The average Bonchev–Trinajstić information content (AvgIpc) is 2.79. The van der Waals surface area contributed by atoms with Crippen molar-refractivity contribution in [1.82, 2.24) is 5.32 Å². The lowest BCUT2D eigenvalue weighted by atomic mass is 9.80. The lowest BCUT2D eigenvalue weighted by molar-refractivity contribution is -0.133. The van der Waals surface area contributed by atoms with Crippen molar-refractivity contribution in [3.05, 3.63) is 87.7 Å². The average molecular weight is 507 g/mol. The van der Waals surface area contributed by atoms with Crippen LogP contribution in [0.15, 0.2) is 82.0 Å². The van der Waals surface area contributed by atoms with E-state index in [2.05, 4.69) is 5.32 Å². The Balaban J connectivity index is 2.11. The molecule has 9 nitrogen and oxygen atoms in total. The standard InChI is InChI=1S/C23H23ClN2O7S/c1-14-19(23(29)33-34(30,31)15-7-3-2-4-8-15)20(16-9-5-6-10-17(16)24)21(22(27)28)18(26-14)13-32-12-11-25/h2-10,20,26H,11-13,25H2,1H3,(H,27,28). The molecule has 180 valence electrons. The fourth-order valence-electron chi connectivity index (χ4n) is 3.59. The molecule has 1 unspecified atom stereocenters. The van der Waals surface area contributed by atoms with Gasteiger partial charge in [-0.2, -0.15) is 8.42 Å². The van der Waals surface area contributed by atoms with E-state index >= 15 is 0 Å². The molecule has 0 aliphatic carbocycles. The smallest absolute Gasteiger partial charge is 0.352 e. The number of ether oxygens (including phenoxy) is 1. The molecule has 0 aromatic heterocycles. The molecule has 0 radical (unpaired) electrons. The molecule has 2 aromatic rings. The summed E-state index contributed by atoms with van der Waals surface area (Å²) >= 11 is 6.37. The SMILES string of the molecule is CC1=C(C(=O)OS(=O)(=O)c2ccccc2)C(c2ccccc2Cl)C(C(=O)O)=C(COCCN)N1. The van der Waals surface area contributed by atoms with Crippen LogP contribution in [0.4, 0.5) is 0 Å². The van der Waals surface area contributed by atoms with Crippen molar-refractivity contribution in [3.63, 3.8) is 0 Å². The third-order valence-electron chi connectivity index (χ3n) is 5.04. The fraction of sp³-hybridized carbons (Fsp3) is 0.217. The number of carbonyl (C=O) groups is 2. The Hall–Kier alpha value is -3.18. The highest BCUT2D eigenvalue weighted by Crippen LogP contribution is 2.41. The number of nitrogens with two attached hydrogens (primary N) is 1. The van der Waals surface area contributed by atoms with Gasteiger partial charge in [-0.05, 0) is 30.7 Å². The van der Waals surface area contributed by atoms with E-state index in [0.717, 1.165) is 0 Å². The van der Waals surface area contributed by atoms with E-state index in [-0.39, 0.29) is 52.2 Å². The predicted octanol–water partition coefficient (Wildman–Crippen LogP) is 2.55. The van der Waals surface area contributed by atoms with Gasteiger partial charge in [0.15, 0.2) is 0 Å². The number of aliphatic carboxylic acids is 1. The third-order valence-corrected chi connectivity index (χ3v) is 6.60. The van der Waals surface area contributed by atoms with E-state index < -0.39 is 28.0 Å². The molecule has 0 bridgehead atoms. The van der Waals surface area contributed by atoms with Crippen LogP contribution < -0.4 is 11.1 Å². The summed E-state index contributed by atoms with van der Waals surface area (Å²) in [6.45, 7) is 1.80. The first-order valence-corrected chi connectivity index (χ1v) is 12.0. The van der Waals surface area contributed by atoms with Crippen LogP contribution in [-0.4, -0.2) is 45.2 Å². The van der Waals surface area contributed by atoms with Crippen LogP contribution in [0.5, 0.6) is 0 Å². The number of rotatable bonds is 9. The van der Waals surface area contributed by atoms with Gasteiger partial charge in [0.2, 0.25) is 0 Å². The van der Waals surface area contributed by atoms with Crippen LogP contribution >= 0.6 is 11.6 Å². The van der Waals surface area contributed by atoms with Crippen molar-refractivity contribution in [3.8, 4) is 0 Å². The van der Waals surface area contributed by atoms with Gasteiger partial charge < -0.3 is 25.1 Å². The number of hydrogen-bond acceptors (Lipinski definition) is 8. The molecule has 1 aliphatic heterocycles. The summed E-state index contributed by atoms with van der Waals surface area (Å²) in [5, 5.41) is 13.1. The van der Waals surface area contributed by atoms with Crippen LogP contribution in [0.1, 0.15) is 18.4 Å². The van der Waals surface area contributed by atoms with Crippen molar-refractivity contribution in [2.75, 3.05) is 19.8 Å². The molecule has 2 aromatic carbocycles. The lowest BCUT2D eigenvalue weighted by Crippen LogP contribution is -2.35. The number of dihydropyridines is 1. The normalized spacial score (nSPS) is 16.3. The Kier molecular flexibility index (Phi) is 8.11. The number of nitrogens with one attached hydrogen (secondary N) is 1. The van der Waals surface area contributed by atoms with Gasteiger partial charge in [0.05, 0.1) is 36.0 Å². The molecule has 0 fully saturated rings. The van der Waals surface area contributed by atoms with Gasteiger partial charge in [0, 0.05) is 17.3 Å². The molecule has 1 aliphatic rings. The van der Waals surface area contributed by atoms with Crippen LogP contribution in [-0.2, 0) is 28.6 Å². The molecule has 1 heterocycles. The number of halogens is 1. The minimum Gasteiger partial charge on any atom is -0.478 e. The minimum absolute atomic E-state index is 0.123. The van der Waals surface area contributed by atoms with Crippen molar-refractivity contribution in [2.24, 2.45) is 5.73 Å². The predicted molar refractivity (Wildman–Crippen MR) is 124 cm³/mol. The quantitative estimate of drug-likeness (QED) is 0.345. The molecule has 3 rings (SSSR count). The number of carboxylic acids is 1. The van der Waals surface area contributed by atoms with E-state index in [9.17, 15) is 23.1 Å². The number of carboxylic acid groups (broad SMARTS) is 1. The zero-order chi connectivity index (χ0) is 24.9. The summed E-state index contributed by atoms with van der Waals surface area (Å²) < 4.78 is 35.7. The van der Waals surface area contributed by atoms with E-state index in [1.165, 1.54) is 31.2 Å². The van der Waals surface area contributed by atoms with E-state index in [1.54, 1.807) is 30.3 Å². The zero-order valence-electron chi connectivity index (χ0n) is 18.2. The molecule has 34 heavy (non-hydrogen) atoms. The Bertz CT molecular complexity index is 1260. The first kappa shape index (κ1) is 25.4. The Morgan fingerprint density at radius 3 is 2.35 bits per heavy atom. The van der Waals surface area contributed by atoms with E-state index in [1.807, 2.05) is 0 Å². The lowest BCUT2D eigenvalue weighted by Gasteiger charge is -2.31. The monoisotopic (exact) mass is 506 g/mol. The van der Waals surface area contributed by atoms with Gasteiger partial charge in [0.25, 0.3) is 0 Å². The first-order valence-electron chi connectivity index (χ1n) is 10.2. The molecule has 4 N–H and O–H groups in total. The first-order chi connectivity index (χ1) is 16.2. The number of benzene rings is 2. The largest absolute Gasteiger partial charge is 0.478 e. The van der Waals surface area contributed by atoms with E-state index in [4.69, 9.17) is 26.3 Å². The summed E-state index contributed by atoms with van der Waals surface area (Å²) in [5.41, 5.74) is 5.71. The highest BCUT2D eigenvalue weighted by Gasteiger charge is 2.40. The number of carbonyl (C=O) groups excluding carboxylic acids is 1. The van der Waals surface area contributed by atoms with Gasteiger partial charge in [-0.3, -0.25) is 0 Å². The summed E-state index contributed by atoms with van der Waals surface area (Å²) in [6, 6.07) is 13.5. The highest BCUT2D eigenvalue weighted by molar-refractivity contribution is 7.87. The zero-order valence-corrected chi connectivity index (χ0v) is 19.7.